The van der Waals surface area contributed by atoms with E-state index in [2.05, 4.69) is 23.9 Å². The number of thioether (sulfide) groups is 1. The van der Waals surface area contributed by atoms with Gasteiger partial charge >= 0.3 is 0 Å². The van der Waals surface area contributed by atoms with Crippen LogP contribution in [0.15, 0.2) is 0 Å². The number of hydrogen-bond acceptors (Lipinski definition) is 4. The molecule has 0 saturated carbocycles. The lowest BCUT2D eigenvalue weighted by atomic mass is 10.0. The smallest absolute Gasteiger partial charge is 0.279 e. The summed E-state index contributed by atoms with van der Waals surface area (Å²) in [5, 5.41) is 3.29. The van der Waals surface area contributed by atoms with Gasteiger partial charge in [0.05, 0.1) is 0 Å². The van der Waals surface area contributed by atoms with E-state index >= 15 is 0 Å². The molecular formula is C13H29N3O2S2. The monoisotopic (exact) mass is 323 g/mol. The Balaban J connectivity index is 2.23. The molecule has 1 aliphatic rings. The Hall–Kier alpha value is 0.180. The van der Waals surface area contributed by atoms with E-state index in [0.29, 0.717) is 25.0 Å². The highest BCUT2D eigenvalue weighted by molar-refractivity contribution is 7.99. The third-order valence-corrected chi connectivity index (χ3v) is 6.09. The molecule has 1 rings (SSSR count). The molecule has 1 aliphatic heterocycles. The molecule has 0 aromatic rings. The molecule has 1 heterocycles. The first kappa shape index (κ1) is 18.2. The molecule has 0 radical (unpaired) electrons. The SMILES string of the molecule is CC(C)NCCCN(C)S(=O)(=O)NCC1CCSCC1. The Morgan fingerprint density at radius 2 is 1.95 bits per heavy atom. The van der Waals surface area contributed by atoms with Crippen LogP contribution in [0.4, 0.5) is 0 Å². The molecule has 1 fully saturated rings. The summed E-state index contributed by atoms with van der Waals surface area (Å²) < 4.78 is 28.4. The Morgan fingerprint density at radius 3 is 2.55 bits per heavy atom. The van der Waals surface area contributed by atoms with Gasteiger partial charge in [-0.3, -0.25) is 0 Å². The molecule has 0 spiro atoms. The average molecular weight is 324 g/mol. The van der Waals surface area contributed by atoms with Gasteiger partial charge in [-0.1, -0.05) is 13.8 Å². The zero-order valence-electron chi connectivity index (χ0n) is 12.9. The van der Waals surface area contributed by atoms with E-state index in [1.165, 1.54) is 4.31 Å². The van der Waals surface area contributed by atoms with E-state index in [9.17, 15) is 8.42 Å². The highest BCUT2D eigenvalue weighted by atomic mass is 32.2. The molecule has 0 aromatic carbocycles. The molecule has 0 aromatic heterocycles. The summed E-state index contributed by atoms with van der Waals surface area (Å²) in [6.07, 6.45) is 3.07. The minimum atomic E-state index is -3.31. The third-order valence-electron chi connectivity index (χ3n) is 3.51. The molecule has 120 valence electrons. The number of nitrogens with one attached hydrogen (secondary N) is 2. The summed E-state index contributed by atoms with van der Waals surface area (Å²) in [5.74, 6) is 2.81. The Morgan fingerprint density at radius 1 is 1.30 bits per heavy atom. The van der Waals surface area contributed by atoms with Gasteiger partial charge in [0.25, 0.3) is 10.2 Å². The fourth-order valence-electron chi connectivity index (χ4n) is 2.10. The fraction of sp³-hybridized carbons (Fsp3) is 1.00. The van der Waals surface area contributed by atoms with E-state index in [0.717, 1.165) is 37.3 Å². The lowest BCUT2D eigenvalue weighted by molar-refractivity contribution is 0.423. The highest BCUT2D eigenvalue weighted by Gasteiger charge is 2.20. The molecule has 0 aliphatic carbocycles. The average Bonchev–Trinajstić information content (AvgIpc) is 2.42. The maximum absolute atomic E-state index is 12.1. The second-order valence-corrected chi connectivity index (χ2v) is 8.78. The predicted molar refractivity (Wildman–Crippen MR) is 87.4 cm³/mol. The summed E-state index contributed by atoms with van der Waals surface area (Å²) in [6.45, 7) is 6.15. The third kappa shape index (κ3) is 7.26. The van der Waals surface area contributed by atoms with Crippen molar-refractivity contribution in [3.05, 3.63) is 0 Å². The van der Waals surface area contributed by atoms with Gasteiger partial charge in [0.2, 0.25) is 0 Å². The van der Waals surface area contributed by atoms with Crippen molar-refractivity contribution < 1.29 is 8.42 Å². The van der Waals surface area contributed by atoms with Gasteiger partial charge in [-0.2, -0.15) is 24.5 Å². The van der Waals surface area contributed by atoms with Gasteiger partial charge in [0, 0.05) is 26.2 Å². The van der Waals surface area contributed by atoms with E-state index in [1.807, 2.05) is 11.8 Å². The Labute approximate surface area is 128 Å². The van der Waals surface area contributed by atoms with E-state index < -0.39 is 10.2 Å². The van der Waals surface area contributed by atoms with Gasteiger partial charge in [-0.15, -0.1) is 0 Å². The largest absolute Gasteiger partial charge is 0.314 e. The van der Waals surface area contributed by atoms with Crippen molar-refractivity contribution in [1.29, 1.82) is 0 Å². The topological polar surface area (TPSA) is 61.4 Å². The molecule has 0 bridgehead atoms. The van der Waals surface area contributed by atoms with E-state index in [4.69, 9.17) is 0 Å². The first-order valence-corrected chi connectivity index (χ1v) is 10.0. The summed E-state index contributed by atoms with van der Waals surface area (Å²) in [5.41, 5.74) is 0. The fourth-order valence-corrected chi connectivity index (χ4v) is 4.34. The van der Waals surface area contributed by atoms with Crippen molar-refractivity contribution in [2.45, 2.75) is 39.2 Å². The number of nitrogens with zero attached hydrogens (tertiary/aromatic N) is 1. The maximum atomic E-state index is 12.1. The van der Waals surface area contributed by atoms with Crippen LogP contribution in [-0.2, 0) is 10.2 Å². The van der Waals surface area contributed by atoms with Crippen molar-refractivity contribution in [3.8, 4) is 0 Å². The summed E-state index contributed by atoms with van der Waals surface area (Å²) in [4.78, 5) is 0. The van der Waals surface area contributed by atoms with Crippen LogP contribution in [-0.4, -0.2) is 57.0 Å². The number of hydrogen-bond donors (Lipinski definition) is 2. The zero-order valence-corrected chi connectivity index (χ0v) is 14.5. The van der Waals surface area contributed by atoms with Gasteiger partial charge in [-0.25, -0.2) is 4.72 Å². The van der Waals surface area contributed by atoms with Crippen LogP contribution in [0.5, 0.6) is 0 Å². The molecular weight excluding hydrogens is 294 g/mol. The standard InChI is InChI=1S/C13H29N3O2S2/c1-12(2)14-7-4-8-16(3)20(17,18)15-11-13-5-9-19-10-6-13/h12-15H,4-11H2,1-3H3. The first-order valence-electron chi connectivity index (χ1n) is 7.44. The minimum Gasteiger partial charge on any atom is -0.314 e. The summed E-state index contributed by atoms with van der Waals surface area (Å²) in [6, 6.07) is 0.444. The summed E-state index contributed by atoms with van der Waals surface area (Å²) >= 11 is 1.96. The molecule has 0 unspecified atom stereocenters. The zero-order chi connectivity index (χ0) is 15.0. The molecule has 1 saturated heterocycles. The van der Waals surface area contributed by atoms with Crippen LogP contribution in [0.2, 0.25) is 0 Å². The molecule has 7 heteroatoms. The van der Waals surface area contributed by atoms with Crippen molar-refractivity contribution in [3.63, 3.8) is 0 Å². The van der Waals surface area contributed by atoms with Crippen LogP contribution >= 0.6 is 11.8 Å². The van der Waals surface area contributed by atoms with Gasteiger partial charge in [-0.05, 0) is 43.2 Å². The van der Waals surface area contributed by atoms with Gasteiger partial charge in [0.1, 0.15) is 0 Å². The lowest BCUT2D eigenvalue weighted by Gasteiger charge is -2.23. The van der Waals surface area contributed by atoms with Crippen LogP contribution in [0.25, 0.3) is 0 Å². The van der Waals surface area contributed by atoms with E-state index in [1.54, 1.807) is 7.05 Å². The normalized spacial score (nSPS) is 18.1. The quantitative estimate of drug-likeness (QED) is 0.628. The molecule has 0 amide bonds. The van der Waals surface area contributed by atoms with Crippen molar-refractivity contribution in [2.75, 3.05) is 38.2 Å². The van der Waals surface area contributed by atoms with Gasteiger partial charge < -0.3 is 5.32 Å². The molecule has 5 nitrogen and oxygen atoms in total. The highest BCUT2D eigenvalue weighted by Crippen LogP contribution is 2.22. The maximum Gasteiger partial charge on any atom is 0.279 e. The molecule has 0 atom stereocenters. The lowest BCUT2D eigenvalue weighted by Crippen LogP contribution is -2.42. The van der Waals surface area contributed by atoms with Crippen LogP contribution in [0, 0.1) is 5.92 Å². The van der Waals surface area contributed by atoms with Crippen LogP contribution in [0.1, 0.15) is 33.1 Å². The first-order chi connectivity index (χ1) is 9.42. The Kier molecular flexibility index (Phi) is 8.43. The second kappa shape index (κ2) is 9.25. The van der Waals surface area contributed by atoms with E-state index in [-0.39, 0.29) is 0 Å². The van der Waals surface area contributed by atoms with Gasteiger partial charge in [0.15, 0.2) is 0 Å². The summed E-state index contributed by atoms with van der Waals surface area (Å²) in [7, 11) is -1.66. The van der Waals surface area contributed by atoms with Crippen molar-refractivity contribution >= 4 is 22.0 Å². The van der Waals surface area contributed by atoms with Crippen molar-refractivity contribution in [1.82, 2.24) is 14.3 Å². The molecule has 20 heavy (non-hydrogen) atoms. The van der Waals surface area contributed by atoms with Crippen LogP contribution in [0.3, 0.4) is 0 Å². The van der Waals surface area contributed by atoms with Crippen LogP contribution < -0.4 is 10.0 Å². The predicted octanol–water partition coefficient (Wildman–Crippen LogP) is 1.28. The number of rotatable bonds is 9. The Bertz CT molecular complexity index is 355. The molecule has 2 N–H and O–H groups in total. The minimum absolute atomic E-state index is 0.444. The second-order valence-electron chi connectivity index (χ2n) is 5.69. The van der Waals surface area contributed by atoms with Crippen molar-refractivity contribution in [2.24, 2.45) is 5.92 Å².